The molecule has 2 aliphatic rings. The van der Waals surface area contributed by atoms with Crippen molar-refractivity contribution in [2.24, 2.45) is 11.1 Å². The molecule has 0 spiro atoms. The summed E-state index contributed by atoms with van der Waals surface area (Å²) in [6.07, 6.45) is 0.578. The van der Waals surface area contributed by atoms with Gasteiger partial charge in [0.25, 0.3) is 5.91 Å². The zero-order valence-electron chi connectivity index (χ0n) is 15.2. The van der Waals surface area contributed by atoms with E-state index in [0.717, 1.165) is 4.88 Å². The first-order valence-corrected chi connectivity index (χ1v) is 9.72. The minimum atomic E-state index is -0.882. The molecule has 2 atom stereocenters. The Morgan fingerprint density at radius 1 is 1.28 bits per heavy atom. The van der Waals surface area contributed by atoms with E-state index in [4.69, 9.17) is 10.5 Å². The van der Waals surface area contributed by atoms with Crippen LogP contribution in [0.3, 0.4) is 0 Å². The quantitative estimate of drug-likeness (QED) is 0.879. The smallest absolute Gasteiger partial charge is 0.264 e. The number of hydrogen-bond acceptors (Lipinski definition) is 5. The van der Waals surface area contributed by atoms with Crippen LogP contribution in [0.25, 0.3) is 0 Å². The van der Waals surface area contributed by atoms with Gasteiger partial charge in [0.05, 0.1) is 11.0 Å². The third-order valence-corrected chi connectivity index (χ3v) is 6.66. The molecule has 138 valence electrons. The van der Waals surface area contributed by atoms with Gasteiger partial charge >= 0.3 is 0 Å². The number of thiophene rings is 1. The van der Waals surface area contributed by atoms with Gasteiger partial charge in [0.15, 0.2) is 0 Å². The Balaban J connectivity index is 1.60. The third-order valence-electron chi connectivity index (χ3n) is 5.80. The van der Waals surface area contributed by atoms with Gasteiger partial charge in [-0.15, -0.1) is 11.3 Å². The minimum absolute atomic E-state index is 0.0170. The summed E-state index contributed by atoms with van der Waals surface area (Å²) in [4.78, 5) is 29.8. The molecule has 2 N–H and O–H groups in total. The number of ether oxygens (including phenoxy) is 1. The highest BCUT2D eigenvalue weighted by molar-refractivity contribution is 7.12. The SMILES string of the molecule is CCOC1CC(N)(C(=O)N2CCN(C(=O)c3cccs3)CC2)C1(C)C. The van der Waals surface area contributed by atoms with Crippen molar-refractivity contribution in [1.82, 2.24) is 9.80 Å². The number of piperazine rings is 1. The molecule has 2 unspecified atom stereocenters. The predicted octanol–water partition coefficient (Wildman–Crippen LogP) is 1.57. The van der Waals surface area contributed by atoms with Crippen LogP contribution in [0.1, 0.15) is 36.9 Å². The Morgan fingerprint density at radius 2 is 1.92 bits per heavy atom. The van der Waals surface area contributed by atoms with Gasteiger partial charge in [-0.05, 0) is 18.4 Å². The summed E-state index contributed by atoms with van der Waals surface area (Å²) in [5.74, 6) is 0.0293. The molecule has 2 heterocycles. The molecule has 2 fully saturated rings. The van der Waals surface area contributed by atoms with Crippen LogP contribution in [0.4, 0.5) is 0 Å². The highest BCUT2D eigenvalue weighted by Crippen LogP contribution is 2.50. The Morgan fingerprint density at radius 3 is 2.44 bits per heavy atom. The predicted molar refractivity (Wildman–Crippen MR) is 97.5 cm³/mol. The summed E-state index contributed by atoms with van der Waals surface area (Å²) in [5, 5.41) is 1.90. The standard InChI is InChI=1S/C18H27N3O3S/c1-4-24-14-12-18(19,17(14,2)3)16(23)21-9-7-20(8-10-21)15(22)13-6-5-11-25-13/h5-6,11,14H,4,7-10,12,19H2,1-3H3. The van der Waals surface area contributed by atoms with Gasteiger partial charge < -0.3 is 20.3 Å². The Labute approximate surface area is 152 Å². The van der Waals surface area contributed by atoms with Crippen LogP contribution in [0.2, 0.25) is 0 Å². The lowest BCUT2D eigenvalue weighted by atomic mass is 9.54. The summed E-state index contributed by atoms with van der Waals surface area (Å²) in [5.41, 5.74) is 5.23. The van der Waals surface area contributed by atoms with Crippen molar-refractivity contribution in [1.29, 1.82) is 0 Å². The monoisotopic (exact) mass is 365 g/mol. The van der Waals surface area contributed by atoms with E-state index in [9.17, 15) is 9.59 Å². The summed E-state index contributed by atoms with van der Waals surface area (Å²) < 4.78 is 5.71. The van der Waals surface area contributed by atoms with E-state index in [2.05, 4.69) is 0 Å². The van der Waals surface area contributed by atoms with Crippen LogP contribution in [-0.4, -0.2) is 66.0 Å². The lowest BCUT2D eigenvalue weighted by molar-refractivity contribution is -0.180. The maximum absolute atomic E-state index is 13.0. The van der Waals surface area contributed by atoms with Gasteiger partial charge in [-0.25, -0.2) is 0 Å². The third kappa shape index (κ3) is 2.98. The molecule has 1 aromatic heterocycles. The van der Waals surface area contributed by atoms with Gasteiger partial charge in [0.1, 0.15) is 5.54 Å². The van der Waals surface area contributed by atoms with E-state index in [1.807, 2.05) is 48.1 Å². The highest BCUT2D eigenvalue weighted by atomic mass is 32.1. The zero-order valence-corrected chi connectivity index (χ0v) is 16.0. The van der Waals surface area contributed by atoms with Crippen LogP contribution in [-0.2, 0) is 9.53 Å². The molecule has 1 saturated carbocycles. The van der Waals surface area contributed by atoms with E-state index in [0.29, 0.717) is 39.2 Å². The van der Waals surface area contributed by atoms with Gasteiger partial charge in [-0.2, -0.15) is 0 Å². The maximum Gasteiger partial charge on any atom is 0.264 e. The molecule has 1 aliphatic carbocycles. The molecule has 1 aliphatic heterocycles. The number of amides is 2. The van der Waals surface area contributed by atoms with E-state index in [-0.39, 0.29) is 23.3 Å². The van der Waals surface area contributed by atoms with Crippen molar-refractivity contribution in [3.05, 3.63) is 22.4 Å². The largest absolute Gasteiger partial charge is 0.378 e. The molecule has 7 heteroatoms. The fourth-order valence-electron chi connectivity index (χ4n) is 3.75. The molecule has 0 aromatic carbocycles. The Bertz CT molecular complexity index is 638. The second-order valence-electron chi connectivity index (χ2n) is 7.40. The number of nitrogens with zero attached hydrogens (tertiary/aromatic N) is 2. The summed E-state index contributed by atoms with van der Waals surface area (Å²) in [6, 6.07) is 3.72. The lowest BCUT2D eigenvalue weighted by Gasteiger charge is -2.59. The minimum Gasteiger partial charge on any atom is -0.378 e. The second kappa shape index (κ2) is 6.70. The van der Waals surface area contributed by atoms with Crippen LogP contribution in [0.5, 0.6) is 0 Å². The van der Waals surface area contributed by atoms with Gasteiger partial charge in [-0.1, -0.05) is 19.9 Å². The normalized spacial score (nSPS) is 28.6. The fraction of sp³-hybridized carbons (Fsp3) is 0.667. The van der Waals surface area contributed by atoms with E-state index in [1.54, 1.807) is 0 Å². The van der Waals surface area contributed by atoms with Crippen LogP contribution >= 0.6 is 11.3 Å². The van der Waals surface area contributed by atoms with Crippen LogP contribution in [0.15, 0.2) is 17.5 Å². The molecule has 3 rings (SSSR count). The van der Waals surface area contributed by atoms with Crippen molar-refractivity contribution in [3.8, 4) is 0 Å². The summed E-state index contributed by atoms with van der Waals surface area (Å²) >= 11 is 1.45. The van der Waals surface area contributed by atoms with Crippen LogP contribution in [0, 0.1) is 5.41 Å². The molecular formula is C18H27N3O3S. The maximum atomic E-state index is 13.0. The molecule has 0 radical (unpaired) electrons. The molecule has 2 amide bonds. The van der Waals surface area contributed by atoms with Crippen molar-refractivity contribution >= 4 is 23.2 Å². The number of carbonyl (C=O) groups excluding carboxylic acids is 2. The van der Waals surface area contributed by atoms with Gasteiger partial charge in [-0.3, -0.25) is 9.59 Å². The van der Waals surface area contributed by atoms with E-state index < -0.39 is 5.54 Å². The topological polar surface area (TPSA) is 75.9 Å². The molecule has 1 saturated heterocycles. The number of nitrogens with two attached hydrogens (primary N) is 1. The molecule has 0 bridgehead atoms. The molecule has 6 nitrogen and oxygen atoms in total. The summed E-state index contributed by atoms with van der Waals surface area (Å²) in [7, 11) is 0. The van der Waals surface area contributed by atoms with Gasteiger partial charge in [0.2, 0.25) is 5.91 Å². The average molecular weight is 365 g/mol. The first-order valence-electron chi connectivity index (χ1n) is 8.84. The molecular weight excluding hydrogens is 338 g/mol. The number of hydrogen-bond donors (Lipinski definition) is 1. The van der Waals surface area contributed by atoms with Crippen LogP contribution < -0.4 is 5.73 Å². The zero-order chi connectivity index (χ0) is 18.2. The number of rotatable bonds is 4. The Hall–Kier alpha value is -1.44. The van der Waals surface area contributed by atoms with E-state index >= 15 is 0 Å². The van der Waals surface area contributed by atoms with Crippen molar-refractivity contribution in [2.75, 3.05) is 32.8 Å². The number of carbonyl (C=O) groups is 2. The summed E-state index contributed by atoms with van der Waals surface area (Å²) in [6.45, 7) is 8.76. The Kier molecular flexibility index (Phi) is 4.92. The highest BCUT2D eigenvalue weighted by Gasteiger charge is 2.63. The average Bonchev–Trinajstić information content (AvgIpc) is 3.15. The first kappa shape index (κ1) is 18.4. The van der Waals surface area contributed by atoms with E-state index in [1.165, 1.54) is 11.3 Å². The van der Waals surface area contributed by atoms with Crippen molar-refractivity contribution in [3.63, 3.8) is 0 Å². The molecule has 1 aromatic rings. The second-order valence-corrected chi connectivity index (χ2v) is 8.35. The first-order chi connectivity index (χ1) is 11.8. The van der Waals surface area contributed by atoms with Crippen molar-refractivity contribution in [2.45, 2.75) is 38.8 Å². The lowest BCUT2D eigenvalue weighted by Crippen LogP contribution is -2.76. The molecule has 25 heavy (non-hydrogen) atoms. The van der Waals surface area contributed by atoms with Crippen molar-refractivity contribution < 1.29 is 14.3 Å². The van der Waals surface area contributed by atoms with Gasteiger partial charge in [0, 0.05) is 44.6 Å². The fourth-order valence-corrected chi connectivity index (χ4v) is 4.44.